The van der Waals surface area contributed by atoms with Crippen molar-refractivity contribution in [2.24, 2.45) is 5.92 Å². The van der Waals surface area contributed by atoms with Gasteiger partial charge in [-0.1, -0.05) is 19.1 Å². The smallest absolute Gasteiger partial charge is 0.246 e. The van der Waals surface area contributed by atoms with Crippen LogP contribution in [0.5, 0.6) is 0 Å². The number of likely N-dealkylation sites (tertiary alicyclic amines) is 1. The summed E-state index contributed by atoms with van der Waals surface area (Å²) < 4.78 is 32.2. The third kappa shape index (κ3) is 5.30. The zero-order valence-corrected chi connectivity index (χ0v) is 16.1. The average molecular weight is 388 g/mol. The Morgan fingerprint density at radius 3 is 2.56 bits per heavy atom. The van der Waals surface area contributed by atoms with Crippen LogP contribution >= 0.6 is 0 Å². The van der Waals surface area contributed by atoms with E-state index in [0.717, 1.165) is 31.5 Å². The number of amides is 1. The van der Waals surface area contributed by atoms with Crippen molar-refractivity contribution in [1.29, 1.82) is 0 Å². The molecule has 1 N–H and O–H groups in total. The van der Waals surface area contributed by atoms with Gasteiger partial charge in [-0.3, -0.25) is 4.79 Å². The molecule has 0 saturated carbocycles. The standard InChI is InChI=1S/C20H24N2O4S/c1-16-10-12-22(13-11-16)20(23)9-6-17-4-7-19(8-5-17)27(24,25)21-15-18-3-2-14-26-18/h2-9,14,16,21H,10-13,15H2,1H3/b9-6+. The molecule has 1 amide bonds. The van der Waals surface area contributed by atoms with Gasteiger partial charge in [-0.2, -0.15) is 0 Å². The summed E-state index contributed by atoms with van der Waals surface area (Å²) in [6, 6.07) is 9.83. The van der Waals surface area contributed by atoms with Crippen LogP contribution in [0.3, 0.4) is 0 Å². The van der Waals surface area contributed by atoms with Gasteiger partial charge in [0.05, 0.1) is 17.7 Å². The minimum absolute atomic E-state index is 0.00119. The van der Waals surface area contributed by atoms with Crippen molar-refractivity contribution in [3.8, 4) is 0 Å². The van der Waals surface area contributed by atoms with Crippen molar-refractivity contribution in [2.75, 3.05) is 13.1 Å². The predicted octanol–water partition coefficient (Wildman–Crippen LogP) is 3.03. The van der Waals surface area contributed by atoms with Gasteiger partial charge < -0.3 is 9.32 Å². The fourth-order valence-corrected chi connectivity index (χ4v) is 3.92. The molecule has 3 rings (SSSR count). The Hall–Kier alpha value is -2.38. The van der Waals surface area contributed by atoms with Crippen LogP contribution in [0.15, 0.2) is 58.1 Å². The van der Waals surface area contributed by atoms with Gasteiger partial charge in [0.1, 0.15) is 5.76 Å². The number of hydrogen-bond donors (Lipinski definition) is 1. The van der Waals surface area contributed by atoms with Gasteiger partial charge in [-0.15, -0.1) is 0 Å². The molecule has 1 aromatic carbocycles. The maximum absolute atomic E-state index is 12.3. The van der Waals surface area contributed by atoms with Gasteiger partial charge in [-0.05, 0) is 54.7 Å². The second kappa shape index (κ2) is 8.54. The summed E-state index contributed by atoms with van der Waals surface area (Å²) >= 11 is 0. The zero-order valence-electron chi connectivity index (χ0n) is 15.3. The van der Waals surface area contributed by atoms with Gasteiger partial charge in [0.2, 0.25) is 15.9 Å². The Kier molecular flexibility index (Phi) is 6.13. The summed E-state index contributed by atoms with van der Waals surface area (Å²) in [5, 5.41) is 0. The molecule has 0 radical (unpaired) electrons. The highest BCUT2D eigenvalue weighted by Gasteiger charge is 2.18. The summed E-state index contributed by atoms with van der Waals surface area (Å²) in [6.07, 6.45) is 6.84. The summed E-state index contributed by atoms with van der Waals surface area (Å²) in [5.41, 5.74) is 0.777. The third-order valence-corrected chi connectivity index (χ3v) is 6.14. The van der Waals surface area contributed by atoms with Crippen LogP contribution in [0.1, 0.15) is 31.1 Å². The highest BCUT2D eigenvalue weighted by molar-refractivity contribution is 7.89. The number of carbonyl (C=O) groups is 1. The predicted molar refractivity (Wildman–Crippen MR) is 103 cm³/mol. The monoisotopic (exact) mass is 388 g/mol. The van der Waals surface area contributed by atoms with Crippen LogP contribution in [0.4, 0.5) is 0 Å². The fourth-order valence-electron chi connectivity index (χ4n) is 2.92. The highest BCUT2D eigenvalue weighted by Crippen LogP contribution is 2.17. The number of hydrogen-bond acceptors (Lipinski definition) is 4. The Balaban J connectivity index is 1.58. The maximum atomic E-state index is 12.3. The quantitative estimate of drug-likeness (QED) is 0.772. The molecule has 1 aliphatic heterocycles. The fraction of sp³-hybridized carbons (Fsp3) is 0.350. The van der Waals surface area contributed by atoms with E-state index in [2.05, 4.69) is 11.6 Å². The lowest BCUT2D eigenvalue weighted by molar-refractivity contribution is -0.127. The van der Waals surface area contributed by atoms with E-state index in [1.165, 1.54) is 18.4 Å². The van der Waals surface area contributed by atoms with Gasteiger partial charge in [-0.25, -0.2) is 13.1 Å². The van der Waals surface area contributed by atoms with Crippen molar-refractivity contribution in [3.63, 3.8) is 0 Å². The van der Waals surface area contributed by atoms with Crippen molar-refractivity contribution in [1.82, 2.24) is 9.62 Å². The third-order valence-electron chi connectivity index (χ3n) is 4.72. The van der Waals surface area contributed by atoms with E-state index < -0.39 is 10.0 Å². The van der Waals surface area contributed by atoms with Crippen LogP contribution < -0.4 is 4.72 Å². The SMILES string of the molecule is CC1CCN(C(=O)/C=C/c2ccc(S(=O)(=O)NCc3ccco3)cc2)CC1. The van der Waals surface area contributed by atoms with Gasteiger partial charge in [0.15, 0.2) is 0 Å². The minimum atomic E-state index is -3.62. The summed E-state index contributed by atoms with van der Waals surface area (Å²) in [6.45, 7) is 3.89. The van der Waals surface area contributed by atoms with Gasteiger partial charge in [0, 0.05) is 19.2 Å². The lowest BCUT2D eigenvalue weighted by Crippen LogP contribution is -2.36. The number of benzene rings is 1. The van der Waals surface area contributed by atoms with E-state index in [1.807, 2.05) is 4.90 Å². The molecule has 6 nitrogen and oxygen atoms in total. The minimum Gasteiger partial charge on any atom is -0.468 e. The molecule has 1 aliphatic rings. The first-order valence-electron chi connectivity index (χ1n) is 9.03. The molecular formula is C20H24N2O4S. The molecule has 7 heteroatoms. The molecule has 27 heavy (non-hydrogen) atoms. The van der Waals surface area contributed by atoms with Crippen LogP contribution in [0, 0.1) is 5.92 Å². The number of nitrogens with one attached hydrogen (secondary N) is 1. The molecule has 1 aromatic heterocycles. The molecule has 2 aromatic rings. The van der Waals surface area contributed by atoms with E-state index >= 15 is 0 Å². The molecule has 1 fully saturated rings. The molecule has 0 unspecified atom stereocenters. The number of furan rings is 1. The van der Waals surface area contributed by atoms with Crippen LogP contribution in [0.25, 0.3) is 6.08 Å². The van der Waals surface area contributed by atoms with Crippen molar-refractivity contribution >= 4 is 22.0 Å². The Bertz CT molecular complexity index is 879. The lowest BCUT2D eigenvalue weighted by Gasteiger charge is -2.29. The number of rotatable bonds is 6. The molecule has 0 spiro atoms. The molecular weight excluding hydrogens is 364 g/mol. The van der Waals surface area contributed by atoms with Crippen molar-refractivity contribution in [3.05, 3.63) is 60.1 Å². The molecule has 0 bridgehead atoms. The number of piperidine rings is 1. The normalized spacial score (nSPS) is 16.1. The zero-order chi connectivity index (χ0) is 19.3. The van der Waals surface area contributed by atoms with Crippen LogP contribution in [-0.2, 0) is 21.4 Å². The first kappa shape index (κ1) is 19.4. The Labute approximate surface area is 159 Å². The molecule has 0 atom stereocenters. The summed E-state index contributed by atoms with van der Waals surface area (Å²) in [4.78, 5) is 14.3. The van der Waals surface area contributed by atoms with E-state index in [9.17, 15) is 13.2 Å². The Morgan fingerprint density at radius 1 is 1.22 bits per heavy atom. The van der Waals surface area contributed by atoms with Crippen molar-refractivity contribution < 1.29 is 17.6 Å². The van der Waals surface area contributed by atoms with Gasteiger partial charge >= 0.3 is 0 Å². The topological polar surface area (TPSA) is 79.6 Å². The summed E-state index contributed by atoms with van der Waals surface area (Å²) in [5.74, 6) is 1.22. The number of carbonyl (C=O) groups excluding carboxylic acids is 1. The number of nitrogens with zero attached hydrogens (tertiary/aromatic N) is 1. The second-order valence-corrected chi connectivity index (χ2v) is 8.58. The van der Waals surface area contributed by atoms with E-state index in [0.29, 0.717) is 11.7 Å². The van der Waals surface area contributed by atoms with E-state index in [1.54, 1.807) is 36.4 Å². The van der Waals surface area contributed by atoms with Crippen LogP contribution in [-0.4, -0.2) is 32.3 Å². The maximum Gasteiger partial charge on any atom is 0.246 e. The Morgan fingerprint density at radius 2 is 1.93 bits per heavy atom. The van der Waals surface area contributed by atoms with E-state index in [-0.39, 0.29) is 17.3 Å². The summed E-state index contributed by atoms with van der Waals surface area (Å²) in [7, 11) is -3.62. The molecule has 1 saturated heterocycles. The average Bonchev–Trinajstić information content (AvgIpc) is 3.19. The van der Waals surface area contributed by atoms with Gasteiger partial charge in [0.25, 0.3) is 0 Å². The van der Waals surface area contributed by atoms with E-state index in [4.69, 9.17) is 4.42 Å². The first-order valence-corrected chi connectivity index (χ1v) is 10.5. The van der Waals surface area contributed by atoms with Crippen LogP contribution in [0.2, 0.25) is 0 Å². The first-order chi connectivity index (χ1) is 12.9. The number of sulfonamides is 1. The van der Waals surface area contributed by atoms with Crippen molar-refractivity contribution in [2.45, 2.75) is 31.2 Å². The lowest BCUT2D eigenvalue weighted by atomic mass is 9.99. The second-order valence-electron chi connectivity index (χ2n) is 6.81. The largest absolute Gasteiger partial charge is 0.468 e. The molecule has 0 aliphatic carbocycles. The highest BCUT2D eigenvalue weighted by atomic mass is 32.2. The molecule has 144 valence electrons. The molecule has 2 heterocycles.